The lowest BCUT2D eigenvalue weighted by atomic mass is 10.0. The summed E-state index contributed by atoms with van der Waals surface area (Å²) in [7, 11) is 0. The molecule has 1 aliphatic heterocycles. The molecule has 0 unspecified atom stereocenters. The summed E-state index contributed by atoms with van der Waals surface area (Å²) < 4.78 is 5.47. The molecular weight excluding hydrogens is 164 g/mol. The Morgan fingerprint density at radius 3 is 3.00 bits per heavy atom. The molecule has 1 heterocycles. The number of ether oxygens (including phenoxy) is 1. The molecule has 0 radical (unpaired) electrons. The van der Waals surface area contributed by atoms with Crippen LogP contribution in [0.3, 0.4) is 0 Å². The number of hydrogen-bond donors (Lipinski definition) is 1. The molecule has 0 spiro atoms. The highest BCUT2D eigenvalue weighted by molar-refractivity contribution is 4.76. The van der Waals surface area contributed by atoms with Gasteiger partial charge in [-0.1, -0.05) is 6.42 Å². The molecule has 1 rings (SSSR count). The van der Waals surface area contributed by atoms with E-state index in [9.17, 15) is 0 Å². The van der Waals surface area contributed by atoms with Crippen LogP contribution in [-0.4, -0.2) is 43.8 Å². The molecule has 0 saturated carbocycles. The third-order valence-electron chi connectivity index (χ3n) is 2.68. The maximum absolute atomic E-state index is 5.57. The summed E-state index contributed by atoms with van der Waals surface area (Å²) in [5, 5.41) is 0. The number of nitrogens with two attached hydrogens (primary N) is 1. The van der Waals surface area contributed by atoms with Crippen LogP contribution >= 0.6 is 0 Å². The Balaban J connectivity index is 2.28. The van der Waals surface area contributed by atoms with Gasteiger partial charge in [-0.05, 0) is 26.3 Å². The van der Waals surface area contributed by atoms with E-state index in [1.54, 1.807) is 0 Å². The summed E-state index contributed by atoms with van der Waals surface area (Å²) in [4.78, 5) is 2.47. The topological polar surface area (TPSA) is 38.5 Å². The molecule has 0 aromatic rings. The second-order valence-corrected chi connectivity index (χ2v) is 3.63. The third kappa shape index (κ3) is 3.63. The first-order valence-electron chi connectivity index (χ1n) is 5.40. The highest BCUT2D eigenvalue weighted by Crippen LogP contribution is 2.16. The van der Waals surface area contributed by atoms with Gasteiger partial charge in [-0.15, -0.1) is 0 Å². The van der Waals surface area contributed by atoms with Crippen molar-refractivity contribution in [1.82, 2.24) is 4.90 Å². The number of nitrogens with zero attached hydrogens (tertiary/aromatic N) is 1. The Labute approximate surface area is 81.2 Å². The first-order valence-corrected chi connectivity index (χ1v) is 5.40. The number of hydrogen-bond acceptors (Lipinski definition) is 3. The van der Waals surface area contributed by atoms with Crippen LogP contribution in [-0.2, 0) is 4.74 Å². The quantitative estimate of drug-likeness (QED) is 0.691. The minimum Gasteiger partial charge on any atom is -0.380 e. The fourth-order valence-corrected chi connectivity index (χ4v) is 1.96. The molecule has 0 bridgehead atoms. The van der Waals surface area contributed by atoms with Gasteiger partial charge in [0.25, 0.3) is 0 Å². The minimum atomic E-state index is 0.622. The second-order valence-electron chi connectivity index (χ2n) is 3.63. The lowest BCUT2D eigenvalue weighted by Crippen LogP contribution is -2.44. The Bertz CT molecular complexity index is 128. The normalized spacial score (nSPS) is 24.9. The highest BCUT2D eigenvalue weighted by Gasteiger charge is 2.21. The van der Waals surface area contributed by atoms with Crippen LogP contribution in [0.2, 0.25) is 0 Å². The summed E-state index contributed by atoms with van der Waals surface area (Å²) in [5.74, 6) is 0. The smallest absolute Gasteiger partial charge is 0.0621 e. The van der Waals surface area contributed by atoms with Crippen molar-refractivity contribution in [2.75, 3.05) is 32.8 Å². The predicted octanol–water partition coefficient (Wildman–Crippen LogP) is 0.836. The van der Waals surface area contributed by atoms with E-state index < -0.39 is 0 Å². The standard InChI is InChI=1S/C10H22N2O/c1-2-13-9-10-5-3-4-7-12(10)8-6-11/h10H,2-9,11H2,1H3/t10-/m1/s1. The highest BCUT2D eigenvalue weighted by atomic mass is 16.5. The molecular formula is C10H22N2O. The SMILES string of the molecule is CCOC[C@H]1CCCCN1CCN. The lowest BCUT2D eigenvalue weighted by molar-refractivity contribution is 0.0472. The van der Waals surface area contributed by atoms with Gasteiger partial charge >= 0.3 is 0 Å². The van der Waals surface area contributed by atoms with Crippen molar-refractivity contribution in [2.24, 2.45) is 5.73 Å². The molecule has 0 amide bonds. The molecule has 0 aromatic heterocycles. The summed E-state index contributed by atoms with van der Waals surface area (Å²) >= 11 is 0. The van der Waals surface area contributed by atoms with Crippen molar-refractivity contribution >= 4 is 0 Å². The average molecular weight is 186 g/mol. The van der Waals surface area contributed by atoms with Gasteiger partial charge < -0.3 is 10.5 Å². The molecule has 78 valence electrons. The van der Waals surface area contributed by atoms with E-state index in [1.165, 1.54) is 25.8 Å². The predicted molar refractivity (Wildman–Crippen MR) is 54.8 cm³/mol. The van der Waals surface area contributed by atoms with Crippen molar-refractivity contribution in [2.45, 2.75) is 32.2 Å². The molecule has 0 aromatic carbocycles. The Hall–Kier alpha value is -0.120. The van der Waals surface area contributed by atoms with Crippen LogP contribution in [0.15, 0.2) is 0 Å². The van der Waals surface area contributed by atoms with Gasteiger partial charge in [0.15, 0.2) is 0 Å². The van der Waals surface area contributed by atoms with Crippen molar-refractivity contribution < 1.29 is 4.74 Å². The van der Waals surface area contributed by atoms with Gasteiger partial charge in [-0.2, -0.15) is 0 Å². The van der Waals surface area contributed by atoms with E-state index >= 15 is 0 Å². The fraction of sp³-hybridized carbons (Fsp3) is 1.00. The lowest BCUT2D eigenvalue weighted by Gasteiger charge is -2.35. The fourth-order valence-electron chi connectivity index (χ4n) is 1.96. The maximum atomic E-state index is 5.57. The van der Waals surface area contributed by atoms with E-state index in [0.717, 1.165) is 26.3 Å². The van der Waals surface area contributed by atoms with Gasteiger partial charge in [-0.3, -0.25) is 4.90 Å². The molecule has 1 fully saturated rings. The first kappa shape index (κ1) is 11.0. The van der Waals surface area contributed by atoms with Crippen LogP contribution in [0.25, 0.3) is 0 Å². The Morgan fingerprint density at radius 1 is 1.46 bits per heavy atom. The number of rotatable bonds is 5. The minimum absolute atomic E-state index is 0.622. The third-order valence-corrected chi connectivity index (χ3v) is 2.68. The van der Waals surface area contributed by atoms with Gasteiger partial charge in [-0.25, -0.2) is 0 Å². The van der Waals surface area contributed by atoms with E-state index in [-0.39, 0.29) is 0 Å². The zero-order valence-corrected chi connectivity index (χ0v) is 8.67. The Kier molecular flexibility index (Phi) is 5.35. The zero-order chi connectivity index (χ0) is 9.52. The van der Waals surface area contributed by atoms with E-state index in [0.29, 0.717) is 6.04 Å². The number of piperidine rings is 1. The van der Waals surface area contributed by atoms with Crippen LogP contribution in [0, 0.1) is 0 Å². The monoisotopic (exact) mass is 186 g/mol. The maximum Gasteiger partial charge on any atom is 0.0621 e. The van der Waals surface area contributed by atoms with Crippen LogP contribution in [0.1, 0.15) is 26.2 Å². The largest absolute Gasteiger partial charge is 0.380 e. The molecule has 2 N–H and O–H groups in total. The van der Waals surface area contributed by atoms with Crippen LogP contribution in [0.4, 0.5) is 0 Å². The van der Waals surface area contributed by atoms with Crippen molar-refractivity contribution in [3.8, 4) is 0 Å². The van der Waals surface area contributed by atoms with Gasteiger partial charge in [0.2, 0.25) is 0 Å². The summed E-state index contributed by atoms with van der Waals surface area (Å²) in [6.45, 7) is 6.76. The average Bonchev–Trinajstić information content (AvgIpc) is 2.17. The van der Waals surface area contributed by atoms with Gasteiger partial charge in [0.1, 0.15) is 0 Å². The van der Waals surface area contributed by atoms with E-state index in [2.05, 4.69) is 11.8 Å². The van der Waals surface area contributed by atoms with Gasteiger partial charge in [0.05, 0.1) is 6.61 Å². The van der Waals surface area contributed by atoms with Crippen LogP contribution < -0.4 is 5.73 Å². The summed E-state index contributed by atoms with van der Waals surface area (Å²) in [6.07, 6.45) is 3.95. The van der Waals surface area contributed by atoms with Gasteiger partial charge in [0, 0.05) is 25.7 Å². The molecule has 3 nitrogen and oxygen atoms in total. The Morgan fingerprint density at radius 2 is 2.31 bits per heavy atom. The molecule has 3 heteroatoms. The van der Waals surface area contributed by atoms with E-state index in [1.807, 2.05) is 0 Å². The molecule has 1 atom stereocenters. The first-order chi connectivity index (χ1) is 6.38. The molecule has 1 saturated heterocycles. The number of likely N-dealkylation sites (tertiary alicyclic amines) is 1. The summed E-state index contributed by atoms with van der Waals surface area (Å²) in [6, 6.07) is 0.622. The van der Waals surface area contributed by atoms with Crippen molar-refractivity contribution in [3.05, 3.63) is 0 Å². The molecule has 13 heavy (non-hydrogen) atoms. The molecule has 0 aliphatic carbocycles. The van der Waals surface area contributed by atoms with Crippen LogP contribution in [0.5, 0.6) is 0 Å². The zero-order valence-electron chi connectivity index (χ0n) is 8.67. The van der Waals surface area contributed by atoms with Crippen molar-refractivity contribution in [1.29, 1.82) is 0 Å². The second kappa shape index (κ2) is 6.35. The van der Waals surface area contributed by atoms with Crippen molar-refractivity contribution in [3.63, 3.8) is 0 Å². The van der Waals surface area contributed by atoms with E-state index in [4.69, 9.17) is 10.5 Å². The molecule has 1 aliphatic rings. The summed E-state index contributed by atoms with van der Waals surface area (Å²) in [5.41, 5.74) is 5.57.